The Kier molecular flexibility index (Phi) is 5.65. The van der Waals surface area contributed by atoms with Crippen LogP contribution in [0.5, 0.6) is 11.5 Å². The lowest BCUT2D eigenvalue weighted by Gasteiger charge is -2.26. The minimum absolute atomic E-state index is 0.209. The van der Waals surface area contributed by atoms with E-state index in [-0.39, 0.29) is 6.03 Å². The number of hydrogen-bond acceptors (Lipinski definition) is 5. The summed E-state index contributed by atoms with van der Waals surface area (Å²) in [6.45, 7) is 9.08. The standard InChI is InChI=1S/C18H27N3O4/c1-3-18(2)24-15-6-5-14(13-16(15)25-18)20-17(22)19-7-4-8-21-9-11-23-12-10-21/h5-6,13H,3-4,7-12H2,1-2H3,(H2,19,20,22)/t18-/m1/s1. The summed E-state index contributed by atoms with van der Waals surface area (Å²) in [5.41, 5.74) is 0.688. The number of urea groups is 1. The summed E-state index contributed by atoms with van der Waals surface area (Å²) in [4.78, 5) is 14.4. The van der Waals surface area contributed by atoms with E-state index < -0.39 is 5.79 Å². The molecule has 2 aliphatic heterocycles. The second kappa shape index (κ2) is 7.93. The van der Waals surface area contributed by atoms with E-state index in [1.807, 2.05) is 26.0 Å². The lowest BCUT2D eigenvalue weighted by molar-refractivity contribution is -0.0640. The van der Waals surface area contributed by atoms with Crippen molar-refractivity contribution in [1.29, 1.82) is 0 Å². The first-order chi connectivity index (χ1) is 12.1. The van der Waals surface area contributed by atoms with E-state index in [1.54, 1.807) is 6.07 Å². The second-order valence-electron chi connectivity index (χ2n) is 6.54. The molecule has 0 aliphatic carbocycles. The van der Waals surface area contributed by atoms with Crippen LogP contribution in [0, 0.1) is 0 Å². The van der Waals surface area contributed by atoms with Crippen LogP contribution in [0.3, 0.4) is 0 Å². The zero-order valence-corrected chi connectivity index (χ0v) is 15.0. The van der Waals surface area contributed by atoms with Crippen LogP contribution in [0.15, 0.2) is 18.2 Å². The van der Waals surface area contributed by atoms with Gasteiger partial charge in [-0.25, -0.2) is 4.79 Å². The normalized spacial score (nSPS) is 22.6. The van der Waals surface area contributed by atoms with Gasteiger partial charge in [0, 0.05) is 44.7 Å². The van der Waals surface area contributed by atoms with Crippen LogP contribution in [0.2, 0.25) is 0 Å². The molecule has 1 atom stereocenters. The maximum absolute atomic E-state index is 12.0. The van der Waals surface area contributed by atoms with Crippen molar-refractivity contribution in [3.8, 4) is 11.5 Å². The van der Waals surface area contributed by atoms with Crippen molar-refractivity contribution in [2.45, 2.75) is 32.5 Å². The summed E-state index contributed by atoms with van der Waals surface area (Å²) in [6.07, 6.45) is 1.66. The molecule has 3 rings (SSSR count). The molecule has 1 fully saturated rings. The van der Waals surface area contributed by atoms with E-state index in [4.69, 9.17) is 14.2 Å². The third kappa shape index (κ3) is 4.76. The lowest BCUT2D eigenvalue weighted by atomic mass is 10.2. The molecule has 1 saturated heterocycles. The zero-order chi connectivity index (χ0) is 17.7. The molecule has 1 aromatic carbocycles. The summed E-state index contributed by atoms with van der Waals surface area (Å²) in [5, 5.41) is 5.72. The number of nitrogens with one attached hydrogen (secondary N) is 2. The van der Waals surface area contributed by atoms with Gasteiger partial charge in [-0.3, -0.25) is 4.90 Å². The van der Waals surface area contributed by atoms with Gasteiger partial charge in [-0.05, 0) is 25.1 Å². The number of morpholine rings is 1. The summed E-state index contributed by atoms with van der Waals surface area (Å²) >= 11 is 0. The first-order valence-electron chi connectivity index (χ1n) is 8.95. The molecule has 0 aromatic heterocycles. The van der Waals surface area contributed by atoms with Crippen molar-refractivity contribution in [1.82, 2.24) is 10.2 Å². The highest BCUT2D eigenvalue weighted by molar-refractivity contribution is 5.89. The third-order valence-corrected chi connectivity index (χ3v) is 4.54. The molecule has 2 heterocycles. The summed E-state index contributed by atoms with van der Waals surface area (Å²) < 4.78 is 16.9. The number of nitrogens with zero attached hydrogens (tertiary/aromatic N) is 1. The second-order valence-corrected chi connectivity index (χ2v) is 6.54. The fraction of sp³-hybridized carbons (Fsp3) is 0.611. The predicted molar refractivity (Wildman–Crippen MR) is 95.3 cm³/mol. The fourth-order valence-electron chi connectivity index (χ4n) is 2.88. The summed E-state index contributed by atoms with van der Waals surface area (Å²) in [5.74, 6) is 0.748. The Morgan fingerprint density at radius 1 is 1.24 bits per heavy atom. The molecule has 0 bridgehead atoms. The SMILES string of the molecule is CC[C@]1(C)Oc2ccc(NC(=O)NCCCN3CCOCC3)cc2O1. The maximum atomic E-state index is 12.0. The van der Waals surface area contributed by atoms with Crippen LogP contribution >= 0.6 is 0 Å². The molecular weight excluding hydrogens is 322 g/mol. The number of anilines is 1. The van der Waals surface area contributed by atoms with Crippen LogP contribution in [0.1, 0.15) is 26.7 Å². The third-order valence-electron chi connectivity index (χ3n) is 4.54. The Morgan fingerprint density at radius 2 is 2.00 bits per heavy atom. The van der Waals surface area contributed by atoms with E-state index in [1.165, 1.54) is 0 Å². The monoisotopic (exact) mass is 349 g/mol. The Labute approximate surface area is 148 Å². The molecule has 25 heavy (non-hydrogen) atoms. The van der Waals surface area contributed by atoms with Gasteiger partial charge in [-0.15, -0.1) is 0 Å². The Balaban J connectivity index is 1.41. The van der Waals surface area contributed by atoms with Crippen molar-refractivity contribution >= 4 is 11.7 Å². The molecule has 0 radical (unpaired) electrons. The largest absolute Gasteiger partial charge is 0.449 e. The maximum Gasteiger partial charge on any atom is 0.319 e. The molecule has 138 valence electrons. The van der Waals surface area contributed by atoms with Gasteiger partial charge in [-0.1, -0.05) is 6.92 Å². The van der Waals surface area contributed by atoms with E-state index in [2.05, 4.69) is 15.5 Å². The van der Waals surface area contributed by atoms with Gasteiger partial charge >= 0.3 is 6.03 Å². The molecule has 2 aliphatic rings. The quantitative estimate of drug-likeness (QED) is 0.772. The average Bonchev–Trinajstić information content (AvgIpc) is 2.96. The highest BCUT2D eigenvalue weighted by Gasteiger charge is 2.34. The van der Waals surface area contributed by atoms with Crippen LogP contribution in [0.25, 0.3) is 0 Å². The van der Waals surface area contributed by atoms with Crippen molar-refractivity contribution in [2.75, 3.05) is 44.7 Å². The van der Waals surface area contributed by atoms with Gasteiger partial charge in [0.2, 0.25) is 5.79 Å². The Morgan fingerprint density at radius 3 is 2.76 bits per heavy atom. The van der Waals surface area contributed by atoms with E-state index >= 15 is 0 Å². The van der Waals surface area contributed by atoms with Crippen LogP contribution in [-0.2, 0) is 4.74 Å². The number of benzene rings is 1. The minimum atomic E-state index is -0.622. The smallest absolute Gasteiger partial charge is 0.319 e. The van der Waals surface area contributed by atoms with Gasteiger partial charge in [-0.2, -0.15) is 0 Å². The predicted octanol–water partition coefficient (Wildman–Crippen LogP) is 2.43. The van der Waals surface area contributed by atoms with Crippen molar-refractivity contribution in [3.63, 3.8) is 0 Å². The summed E-state index contributed by atoms with van der Waals surface area (Å²) in [6, 6.07) is 5.23. The number of amides is 2. The number of fused-ring (bicyclic) bond motifs is 1. The minimum Gasteiger partial charge on any atom is -0.449 e. The topological polar surface area (TPSA) is 72.1 Å². The number of carbonyl (C=O) groups is 1. The number of hydrogen-bond donors (Lipinski definition) is 2. The van der Waals surface area contributed by atoms with Crippen LogP contribution < -0.4 is 20.1 Å². The van der Waals surface area contributed by atoms with Crippen LogP contribution in [0.4, 0.5) is 10.5 Å². The number of carbonyl (C=O) groups excluding carboxylic acids is 1. The van der Waals surface area contributed by atoms with E-state index in [0.29, 0.717) is 23.7 Å². The number of ether oxygens (including phenoxy) is 3. The van der Waals surface area contributed by atoms with Crippen molar-refractivity contribution in [2.24, 2.45) is 0 Å². The van der Waals surface area contributed by atoms with E-state index in [9.17, 15) is 4.79 Å². The molecule has 1 aromatic rings. The van der Waals surface area contributed by atoms with Gasteiger partial charge in [0.25, 0.3) is 0 Å². The van der Waals surface area contributed by atoms with Gasteiger partial charge in [0.1, 0.15) is 0 Å². The van der Waals surface area contributed by atoms with Gasteiger partial charge < -0.3 is 24.8 Å². The Bertz CT molecular complexity index is 604. The molecule has 0 saturated carbocycles. The fourth-order valence-corrected chi connectivity index (χ4v) is 2.88. The van der Waals surface area contributed by atoms with Crippen LogP contribution in [-0.4, -0.2) is 56.1 Å². The molecule has 7 nitrogen and oxygen atoms in total. The molecule has 2 N–H and O–H groups in total. The first-order valence-corrected chi connectivity index (χ1v) is 8.95. The highest BCUT2D eigenvalue weighted by Crippen LogP contribution is 2.41. The van der Waals surface area contributed by atoms with Crippen molar-refractivity contribution in [3.05, 3.63) is 18.2 Å². The van der Waals surface area contributed by atoms with E-state index in [0.717, 1.165) is 45.7 Å². The highest BCUT2D eigenvalue weighted by atomic mass is 16.7. The molecule has 0 spiro atoms. The lowest BCUT2D eigenvalue weighted by Crippen LogP contribution is -2.38. The van der Waals surface area contributed by atoms with Crippen molar-refractivity contribution < 1.29 is 19.0 Å². The summed E-state index contributed by atoms with van der Waals surface area (Å²) in [7, 11) is 0. The molecule has 7 heteroatoms. The Hall–Kier alpha value is -1.99. The van der Waals surface area contributed by atoms with Gasteiger partial charge in [0.15, 0.2) is 11.5 Å². The molecule has 2 amide bonds. The van der Waals surface area contributed by atoms with Gasteiger partial charge in [0.05, 0.1) is 13.2 Å². The molecular formula is C18H27N3O4. The zero-order valence-electron chi connectivity index (χ0n) is 15.0. The molecule has 0 unspecified atom stereocenters. The first kappa shape index (κ1) is 17.8. The number of rotatable bonds is 6. The average molecular weight is 349 g/mol.